The van der Waals surface area contributed by atoms with Gasteiger partial charge < -0.3 is 5.32 Å². The van der Waals surface area contributed by atoms with Crippen LogP contribution in [0, 0.1) is 5.41 Å². The smallest absolute Gasteiger partial charge is 0.267 e. The quantitative estimate of drug-likeness (QED) is 0.262. The van der Waals surface area contributed by atoms with E-state index in [4.69, 9.17) is 4.98 Å². The Morgan fingerprint density at radius 2 is 1.83 bits per heavy atom. The highest BCUT2D eigenvalue weighted by molar-refractivity contribution is 7.99. The third kappa shape index (κ3) is 4.93. The van der Waals surface area contributed by atoms with E-state index in [2.05, 4.69) is 26.1 Å². The Hall–Kier alpha value is -2.90. The zero-order valence-corrected chi connectivity index (χ0v) is 21.8. The number of hydrogen-bond donors (Lipinski definition) is 1. The summed E-state index contributed by atoms with van der Waals surface area (Å²) < 4.78 is 1.68. The lowest BCUT2D eigenvalue weighted by atomic mass is 9.72. The van der Waals surface area contributed by atoms with Crippen molar-refractivity contribution in [3.63, 3.8) is 0 Å². The van der Waals surface area contributed by atoms with E-state index in [1.54, 1.807) is 15.9 Å². The molecule has 0 radical (unpaired) electrons. The van der Waals surface area contributed by atoms with Gasteiger partial charge in [-0.2, -0.15) is 0 Å². The van der Waals surface area contributed by atoms with Gasteiger partial charge in [-0.05, 0) is 47.4 Å². The lowest BCUT2D eigenvalue weighted by molar-refractivity contribution is -0.118. The molecule has 2 aromatic carbocycles. The minimum Gasteiger partial charge on any atom is -0.351 e. The molecule has 4 aromatic rings. The molecule has 0 saturated heterocycles. The van der Waals surface area contributed by atoms with Crippen molar-refractivity contribution in [3.8, 4) is 5.69 Å². The van der Waals surface area contributed by atoms with Crippen molar-refractivity contribution < 1.29 is 4.79 Å². The first-order valence-corrected chi connectivity index (χ1v) is 13.7. The number of hydrogen-bond acceptors (Lipinski definition) is 5. The summed E-state index contributed by atoms with van der Waals surface area (Å²) in [5.41, 5.74) is 3.08. The molecule has 1 atom stereocenters. The molecule has 5 rings (SSSR count). The molecule has 0 spiro atoms. The monoisotopic (exact) mass is 503 g/mol. The topological polar surface area (TPSA) is 64.0 Å². The van der Waals surface area contributed by atoms with Gasteiger partial charge in [0.25, 0.3) is 5.56 Å². The van der Waals surface area contributed by atoms with Crippen molar-refractivity contribution in [1.29, 1.82) is 0 Å². The Bertz CT molecular complexity index is 1430. The highest BCUT2D eigenvalue weighted by Gasteiger charge is 2.34. The molecule has 0 unspecified atom stereocenters. The number of thioether (sulfide) groups is 1. The summed E-state index contributed by atoms with van der Waals surface area (Å²) in [6, 6.07) is 19.4. The van der Waals surface area contributed by atoms with Crippen LogP contribution in [0.3, 0.4) is 0 Å². The molecule has 0 aliphatic heterocycles. The van der Waals surface area contributed by atoms with E-state index in [0.717, 1.165) is 39.9 Å². The van der Waals surface area contributed by atoms with Crippen molar-refractivity contribution in [2.75, 3.05) is 5.75 Å². The Labute approximate surface area is 213 Å². The molecule has 7 heteroatoms. The zero-order chi connectivity index (χ0) is 24.6. The number of benzene rings is 2. The molecule has 2 heterocycles. The molecule has 1 amide bonds. The summed E-state index contributed by atoms with van der Waals surface area (Å²) >= 11 is 2.95. The fourth-order valence-corrected chi connectivity index (χ4v) is 7.16. The first-order valence-electron chi connectivity index (χ1n) is 11.9. The second-order valence-corrected chi connectivity index (χ2v) is 12.0. The van der Waals surface area contributed by atoms with E-state index in [9.17, 15) is 9.59 Å². The maximum atomic E-state index is 14.0. The fourth-order valence-electron chi connectivity index (χ4n) is 5.03. The molecule has 2 aromatic heterocycles. The van der Waals surface area contributed by atoms with Gasteiger partial charge in [0.15, 0.2) is 5.16 Å². The number of rotatable bonds is 6. The van der Waals surface area contributed by atoms with Crippen molar-refractivity contribution in [2.45, 2.75) is 51.2 Å². The predicted octanol–water partition coefficient (Wildman–Crippen LogP) is 5.93. The van der Waals surface area contributed by atoms with Gasteiger partial charge in [0.2, 0.25) is 5.91 Å². The molecular weight excluding hydrogens is 474 g/mol. The molecule has 1 N–H and O–H groups in total. The van der Waals surface area contributed by atoms with Gasteiger partial charge in [0, 0.05) is 11.4 Å². The number of thiophene rings is 1. The average Bonchev–Trinajstić information content (AvgIpc) is 3.20. The van der Waals surface area contributed by atoms with Gasteiger partial charge in [-0.1, -0.05) is 81.1 Å². The van der Waals surface area contributed by atoms with Crippen molar-refractivity contribution >= 4 is 39.2 Å². The van der Waals surface area contributed by atoms with Crippen molar-refractivity contribution in [3.05, 3.63) is 87.0 Å². The second-order valence-electron chi connectivity index (χ2n) is 9.99. The van der Waals surface area contributed by atoms with Crippen LogP contribution in [0.15, 0.2) is 70.6 Å². The molecule has 0 bridgehead atoms. The van der Waals surface area contributed by atoms with E-state index >= 15 is 0 Å². The summed E-state index contributed by atoms with van der Waals surface area (Å²) in [6.07, 6.45) is 1.98. The number of para-hydroxylation sites is 1. The summed E-state index contributed by atoms with van der Waals surface area (Å²) in [5.74, 6) is 0.498. The maximum Gasteiger partial charge on any atom is 0.267 e. The molecule has 0 saturated carbocycles. The second kappa shape index (κ2) is 9.63. The minimum absolute atomic E-state index is 0.0456. The number of carbonyl (C=O) groups excluding carboxylic acids is 1. The van der Waals surface area contributed by atoms with Gasteiger partial charge >= 0.3 is 0 Å². The number of fused-ring (bicyclic) bond motifs is 3. The Balaban J connectivity index is 1.51. The van der Waals surface area contributed by atoms with Crippen LogP contribution in [0.4, 0.5) is 0 Å². The molecule has 180 valence electrons. The number of nitrogens with one attached hydrogen (secondary N) is 1. The van der Waals surface area contributed by atoms with E-state index in [1.807, 2.05) is 60.7 Å². The fraction of sp³-hybridized carbons (Fsp3) is 0.321. The van der Waals surface area contributed by atoms with Gasteiger partial charge in [0.05, 0.1) is 16.8 Å². The molecule has 1 aliphatic rings. The SMILES string of the molecule is C[C@H]1CC(C)(C)Cc2c1sc1nc(SCC(=O)NCc3ccccc3)n(-c3ccccc3)c(=O)c21. The third-order valence-electron chi connectivity index (χ3n) is 6.47. The van der Waals surface area contributed by atoms with E-state index in [0.29, 0.717) is 17.6 Å². The number of amides is 1. The van der Waals surface area contributed by atoms with Crippen LogP contribution in [0.25, 0.3) is 15.9 Å². The highest BCUT2D eigenvalue weighted by Crippen LogP contribution is 2.47. The lowest BCUT2D eigenvalue weighted by Crippen LogP contribution is -2.27. The van der Waals surface area contributed by atoms with Crippen LogP contribution >= 0.6 is 23.1 Å². The van der Waals surface area contributed by atoms with Crippen LogP contribution in [-0.2, 0) is 17.8 Å². The van der Waals surface area contributed by atoms with E-state index < -0.39 is 0 Å². The molecule has 35 heavy (non-hydrogen) atoms. The van der Waals surface area contributed by atoms with Gasteiger partial charge in [-0.25, -0.2) is 4.98 Å². The van der Waals surface area contributed by atoms with E-state index in [1.165, 1.54) is 16.6 Å². The van der Waals surface area contributed by atoms with Crippen molar-refractivity contribution in [1.82, 2.24) is 14.9 Å². The van der Waals surface area contributed by atoms with Crippen LogP contribution in [0.5, 0.6) is 0 Å². The van der Waals surface area contributed by atoms with Crippen LogP contribution in [-0.4, -0.2) is 21.2 Å². The number of aromatic nitrogens is 2. The van der Waals surface area contributed by atoms with Crippen molar-refractivity contribution in [2.24, 2.45) is 5.41 Å². The Morgan fingerprint density at radius 1 is 1.14 bits per heavy atom. The first-order chi connectivity index (χ1) is 16.8. The average molecular weight is 504 g/mol. The molecule has 5 nitrogen and oxygen atoms in total. The third-order valence-corrected chi connectivity index (χ3v) is 8.76. The maximum absolute atomic E-state index is 14.0. The normalized spacial score (nSPS) is 16.7. The highest BCUT2D eigenvalue weighted by atomic mass is 32.2. The van der Waals surface area contributed by atoms with Gasteiger partial charge in [-0.3, -0.25) is 14.2 Å². The summed E-state index contributed by atoms with van der Waals surface area (Å²) in [5, 5.41) is 4.25. The summed E-state index contributed by atoms with van der Waals surface area (Å²) in [4.78, 5) is 33.6. The van der Waals surface area contributed by atoms with Crippen LogP contribution in [0.1, 0.15) is 49.1 Å². The largest absolute Gasteiger partial charge is 0.351 e. The summed E-state index contributed by atoms with van der Waals surface area (Å²) in [6.45, 7) is 7.27. The molecule has 1 aliphatic carbocycles. The minimum atomic E-state index is -0.0892. The van der Waals surface area contributed by atoms with Gasteiger partial charge in [0.1, 0.15) is 4.83 Å². The standard InChI is InChI=1S/C28H29N3O2S2/c1-18-14-28(2,3)15-21-23-25(35-24(18)21)30-27(31(26(23)33)20-12-8-5-9-13-20)34-17-22(32)29-16-19-10-6-4-7-11-19/h4-13,18H,14-17H2,1-3H3,(H,29,32)/t18-/m0/s1. The predicted molar refractivity (Wildman–Crippen MR) is 145 cm³/mol. The lowest BCUT2D eigenvalue weighted by Gasteiger charge is -2.33. The van der Waals surface area contributed by atoms with Crippen LogP contribution < -0.4 is 10.9 Å². The molecular formula is C28H29N3O2S2. The van der Waals surface area contributed by atoms with E-state index in [-0.39, 0.29) is 22.6 Å². The molecule has 0 fully saturated rings. The number of carbonyl (C=O) groups is 1. The Morgan fingerprint density at radius 3 is 2.54 bits per heavy atom. The number of nitrogens with zero attached hydrogens (tertiary/aromatic N) is 2. The Kier molecular flexibility index (Phi) is 6.55. The zero-order valence-electron chi connectivity index (χ0n) is 20.2. The first kappa shape index (κ1) is 23.8. The van der Waals surface area contributed by atoms with Gasteiger partial charge in [-0.15, -0.1) is 11.3 Å². The van der Waals surface area contributed by atoms with Crippen LogP contribution in [0.2, 0.25) is 0 Å². The summed E-state index contributed by atoms with van der Waals surface area (Å²) in [7, 11) is 0.